The van der Waals surface area contributed by atoms with E-state index in [0.717, 1.165) is 11.3 Å². The first-order chi connectivity index (χ1) is 21.2. The molecule has 1 saturated heterocycles. The number of amides is 1. The number of aromatic nitrogens is 1. The van der Waals surface area contributed by atoms with Crippen LogP contribution in [0.1, 0.15) is 32.2 Å². The van der Waals surface area contributed by atoms with Crippen LogP contribution in [0.3, 0.4) is 0 Å². The largest absolute Gasteiger partial charge is 0.475 e. The molecule has 6 rings (SSSR count). The summed E-state index contributed by atoms with van der Waals surface area (Å²) in [4.78, 5) is 32.1. The number of hydrogen-bond donors (Lipinski definition) is 1. The molecular weight excluding hydrogens is 584 g/mol. The van der Waals surface area contributed by atoms with Gasteiger partial charge in [0.15, 0.2) is 6.39 Å². The summed E-state index contributed by atoms with van der Waals surface area (Å²) in [6.45, 7) is 3.58. The number of anilines is 2. The Kier molecular flexibility index (Phi) is 7.83. The van der Waals surface area contributed by atoms with Gasteiger partial charge in [0.25, 0.3) is 15.9 Å². The van der Waals surface area contributed by atoms with Crippen LogP contribution in [0.15, 0.2) is 99.1 Å². The van der Waals surface area contributed by atoms with Crippen LogP contribution in [-0.4, -0.2) is 68.0 Å². The van der Waals surface area contributed by atoms with Crippen molar-refractivity contribution in [2.75, 3.05) is 41.9 Å². The molecule has 3 aromatic carbocycles. The number of carboxylic acid groups (broad SMARTS) is 1. The number of carboxylic acids is 1. The first kappa shape index (κ1) is 29.0. The Labute approximate surface area is 254 Å². The van der Waals surface area contributed by atoms with Crippen LogP contribution in [0.5, 0.6) is 0 Å². The van der Waals surface area contributed by atoms with Crippen LogP contribution in [0, 0.1) is 6.92 Å². The third-order valence-electron chi connectivity index (χ3n) is 7.84. The van der Waals surface area contributed by atoms with Gasteiger partial charge in [0.2, 0.25) is 11.5 Å². The van der Waals surface area contributed by atoms with E-state index in [1.807, 2.05) is 42.5 Å². The fourth-order valence-electron chi connectivity index (χ4n) is 5.51. The van der Waals surface area contributed by atoms with Crippen molar-refractivity contribution in [1.82, 2.24) is 9.88 Å². The van der Waals surface area contributed by atoms with Gasteiger partial charge in [0.1, 0.15) is 5.58 Å². The van der Waals surface area contributed by atoms with Gasteiger partial charge in [-0.2, -0.15) is 0 Å². The number of nitrogens with zero attached hydrogens (tertiary/aromatic N) is 4. The minimum absolute atomic E-state index is 0.0242. The highest BCUT2D eigenvalue weighted by Crippen LogP contribution is 2.36. The van der Waals surface area contributed by atoms with Crippen LogP contribution in [0.2, 0.25) is 0 Å². The van der Waals surface area contributed by atoms with E-state index in [1.165, 1.54) is 35.1 Å². The van der Waals surface area contributed by atoms with Gasteiger partial charge in [-0.15, -0.1) is 0 Å². The molecule has 0 unspecified atom stereocenters. The number of para-hydroxylation sites is 2. The first-order valence-corrected chi connectivity index (χ1v) is 15.5. The van der Waals surface area contributed by atoms with E-state index in [4.69, 9.17) is 8.83 Å². The van der Waals surface area contributed by atoms with Crippen molar-refractivity contribution in [2.45, 2.75) is 18.2 Å². The lowest BCUT2D eigenvalue weighted by Gasteiger charge is -2.38. The Morgan fingerprint density at radius 2 is 1.70 bits per heavy atom. The maximum atomic E-state index is 14.4. The van der Waals surface area contributed by atoms with Crippen LogP contribution in [-0.2, 0) is 16.4 Å². The minimum atomic E-state index is -4.12. The lowest BCUT2D eigenvalue weighted by molar-refractivity contribution is 0.0662. The second-order valence-corrected chi connectivity index (χ2v) is 12.3. The van der Waals surface area contributed by atoms with Crippen molar-refractivity contribution in [3.05, 3.63) is 108 Å². The summed E-state index contributed by atoms with van der Waals surface area (Å²) in [6, 6.07) is 21.4. The summed E-state index contributed by atoms with van der Waals surface area (Å²) < 4.78 is 41.0. The minimum Gasteiger partial charge on any atom is -0.475 e. The number of sulfonamides is 1. The summed E-state index contributed by atoms with van der Waals surface area (Å²) in [6.07, 6.45) is 3.08. The van der Waals surface area contributed by atoms with Crippen molar-refractivity contribution >= 4 is 44.2 Å². The number of piperazine rings is 1. The number of rotatable bonds is 9. The standard InChI is InChI=1S/C32H30N4O7S/c1-22-25-19-24(11-12-28(25)43-30(22)32(38)39)44(40,41)36(14-13-23-7-3-2-4-8-23)27-10-6-5-9-26(27)34-15-17-35(18-16-34)31(37)29-20-33-21-42-29/h2-12,19-21H,13-18H2,1H3,(H,38,39). The monoisotopic (exact) mass is 614 g/mol. The Bertz CT molecular complexity index is 1910. The van der Waals surface area contributed by atoms with Gasteiger partial charge in [-0.1, -0.05) is 42.5 Å². The SMILES string of the molecule is Cc1c(C(=O)O)oc2ccc(S(=O)(=O)N(CCc3ccccc3)c3ccccc3N3CCN(C(=O)c4cnco4)CC3)cc12. The van der Waals surface area contributed by atoms with Crippen molar-refractivity contribution in [2.24, 2.45) is 0 Å². The zero-order valence-corrected chi connectivity index (χ0v) is 24.7. The Hall–Kier alpha value is -5.10. The van der Waals surface area contributed by atoms with E-state index in [9.17, 15) is 23.1 Å². The van der Waals surface area contributed by atoms with Gasteiger partial charge in [0, 0.05) is 43.7 Å². The summed E-state index contributed by atoms with van der Waals surface area (Å²) in [5.74, 6) is -1.50. The molecule has 1 N–H and O–H groups in total. The molecule has 0 spiro atoms. The Morgan fingerprint density at radius 1 is 0.977 bits per heavy atom. The van der Waals surface area contributed by atoms with Gasteiger partial charge >= 0.3 is 5.97 Å². The van der Waals surface area contributed by atoms with Crippen LogP contribution in [0.4, 0.5) is 11.4 Å². The topological polar surface area (TPSA) is 137 Å². The molecule has 12 heteroatoms. The third kappa shape index (κ3) is 5.51. The number of hydrogen-bond acceptors (Lipinski definition) is 8. The average molecular weight is 615 g/mol. The van der Waals surface area contributed by atoms with Crippen LogP contribution in [0.25, 0.3) is 11.0 Å². The zero-order valence-electron chi connectivity index (χ0n) is 23.9. The molecule has 1 amide bonds. The molecule has 0 saturated carbocycles. The van der Waals surface area contributed by atoms with Gasteiger partial charge < -0.3 is 23.7 Å². The number of aromatic carboxylic acids is 1. The smallest absolute Gasteiger partial charge is 0.372 e. The van der Waals surface area contributed by atoms with Crippen molar-refractivity contribution in [3.63, 3.8) is 0 Å². The van der Waals surface area contributed by atoms with Crippen LogP contribution >= 0.6 is 0 Å². The molecule has 11 nitrogen and oxygen atoms in total. The molecular formula is C32H30N4O7S. The number of carbonyl (C=O) groups is 2. The number of furan rings is 1. The summed E-state index contributed by atoms with van der Waals surface area (Å²) in [7, 11) is -4.12. The van der Waals surface area contributed by atoms with Gasteiger partial charge in [0.05, 0.1) is 22.5 Å². The van der Waals surface area contributed by atoms with Gasteiger partial charge in [-0.05, 0) is 49.2 Å². The quantitative estimate of drug-likeness (QED) is 0.248. The Morgan fingerprint density at radius 3 is 2.41 bits per heavy atom. The first-order valence-electron chi connectivity index (χ1n) is 14.1. The molecule has 226 valence electrons. The molecule has 0 atom stereocenters. The zero-order chi connectivity index (χ0) is 30.8. The molecule has 44 heavy (non-hydrogen) atoms. The number of benzene rings is 3. The highest BCUT2D eigenvalue weighted by molar-refractivity contribution is 7.92. The molecule has 1 fully saturated rings. The highest BCUT2D eigenvalue weighted by atomic mass is 32.2. The lowest BCUT2D eigenvalue weighted by Crippen LogP contribution is -2.49. The van der Waals surface area contributed by atoms with E-state index in [-0.39, 0.29) is 28.9 Å². The molecule has 1 aliphatic rings. The number of aryl methyl sites for hydroxylation is 1. The predicted molar refractivity (Wildman–Crippen MR) is 164 cm³/mol. The summed E-state index contributed by atoms with van der Waals surface area (Å²) in [5.41, 5.74) is 2.88. The maximum absolute atomic E-state index is 14.4. The van der Waals surface area contributed by atoms with E-state index in [1.54, 1.807) is 24.0 Å². The molecule has 0 aliphatic carbocycles. The van der Waals surface area contributed by atoms with E-state index >= 15 is 0 Å². The second-order valence-electron chi connectivity index (χ2n) is 10.5. The fraction of sp³-hybridized carbons (Fsp3) is 0.219. The molecule has 5 aromatic rings. The fourth-order valence-corrected chi connectivity index (χ4v) is 7.01. The van der Waals surface area contributed by atoms with Crippen molar-refractivity contribution < 1.29 is 31.9 Å². The highest BCUT2D eigenvalue weighted by Gasteiger charge is 2.31. The predicted octanol–water partition coefficient (Wildman–Crippen LogP) is 4.83. The lowest BCUT2D eigenvalue weighted by atomic mass is 10.1. The molecule has 0 radical (unpaired) electrons. The number of carbonyl (C=O) groups excluding carboxylic acids is 1. The third-order valence-corrected chi connectivity index (χ3v) is 9.65. The summed E-state index contributed by atoms with van der Waals surface area (Å²) in [5, 5.41) is 9.93. The van der Waals surface area contributed by atoms with E-state index in [0.29, 0.717) is 54.8 Å². The molecule has 1 aliphatic heterocycles. The Balaban J connectivity index is 1.35. The number of fused-ring (bicyclic) bond motifs is 1. The van der Waals surface area contributed by atoms with E-state index in [2.05, 4.69) is 9.88 Å². The van der Waals surface area contributed by atoms with Crippen molar-refractivity contribution in [1.29, 1.82) is 0 Å². The normalized spacial score (nSPS) is 13.8. The van der Waals surface area contributed by atoms with Gasteiger partial charge in [-0.25, -0.2) is 18.2 Å². The van der Waals surface area contributed by atoms with Crippen LogP contribution < -0.4 is 9.21 Å². The molecule has 3 heterocycles. The van der Waals surface area contributed by atoms with Crippen molar-refractivity contribution in [3.8, 4) is 0 Å². The van der Waals surface area contributed by atoms with E-state index < -0.39 is 16.0 Å². The number of oxazole rings is 1. The maximum Gasteiger partial charge on any atom is 0.372 e. The second kappa shape index (κ2) is 11.9. The van der Waals surface area contributed by atoms with Gasteiger partial charge in [-0.3, -0.25) is 9.10 Å². The molecule has 2 aromatic heterocycles. The summed E-state index contributed by atoms with van der Waals surface area (Å²) >= 11 is 0. The average Bonchev–Trinajstić information content (AvgIpc) is 3.70. The molecule has 0 bridgehead atoms.